The van der Waals surface area contributed by atoms with E-state index in [1.54, 1.807) is 42.5 Å². The highest BCUT2D eigenvalue weighted by Gasteiger charge is 2.47. The normalized spacial score (nSPS) is 25.4. The molecule has 0 spiro atoms. The Balaban J connectivity index is 1.29. The number of likely N-dealkylation sites (N-methyl/N-ethyl adjacent to an activating group) is 1. The zero-order chi connectivity index (χ0) is 26.9. The zero-order valence-electron chi connectivity index (χ0n) is 21.4. The summed E-state index contributed by atoms with van der Waals surface area (Å²) in [6.07, 6.45) is 2.22. The Kier molecular flexibility index (Phi) is 7.43. The Labute approximate surface area is 221 Å². The van der Waals surface area contributed by atoms with Crippen molar-refractivity contribution in [2.45, 2.75) is 62.4 Å². The molecule has 9 nitrogen and oxygen atoms in total. The lowest BCUT2D eigenvalue weighted by Crippen LogP contribution is -2.56. The maximum absolute atomic E-state index is 12.7. The van der Waals surface area contributed by atoms with Gasteiger partial charge in [-0.3, -0.25) is 9.59 Å². The number of nitrogens with zero attached hydrogens (tertiary/aromatic N) is 1. The van der Waals surface area contributed by atoms with E-state index >= 15 is 0 Å². The number of hydrogen-bond donors (Lipinski definition) is 4. The van der Waals surface area contributed by atoms with Crippen molar-refractivity contribution in [2.24, 2.45) is 0 Å². The number of phenolic OH excluding ortho intramolecular Hbond substituents is 1. The lowest BCUT2D eigenvalue weighted by molar-refractivity contribution is -0.143. The summed E-state index contributed by atoms with van der Waals surface area (Å²) in [6, 6.07) is 11.9. The second-order valence-corrected chi connectivity index (χ2v) is 10.4. The number of rotatable bonds is 6. The van der Waals surface area contributed by atoms with E-state index in [1.165, 1.54) is 0 Å². The number of aliphatic hydroxyl groups excluding tert-OH is 1. The summed E-state index contributed by atoms with van der Waals surface area (Å²) in [5.41, 5.74) is 1.34. The highest BCUT2D eigenvalue weighted by Crippen LogP contribution is 2.44. The smallest absolute Gasteiger partial charge is 0.312 e. The van der Waals surface area contributed by atoms with Crippen LogP contribution in [0.2, 0.25) is 0 Å². The standard InChI is InChI=1S/C29H34N2O7/c1-31-15-5-8-20-19-9-10-21(32)27(20)38-23-17-29(36,24(31)16-19)13-11-22(23)37-25(33)12-14-30-28(35)26(34)18-6-3-2-4-7-18/h2-4,6-7,9-11,23-24,26,32,34,36H,5,8,12-17H2,1H3,(H,30,35)/t23-,24-,26+,29+/m1/s1. The molecule has 6 bridgehead atoms. The molecule has 38 heavy (non-hydrogen) atoms. The van der Waals surface area contributed by atoms with Crippen molar-refractivity contribution in [1.82, 2.24) is 10.2 Å². The van der Waals surface area contributed by atoms with Gasteiger partial charge in [-0.25, -0.2) is 0 Å². The van der Waals surface area contributed by atoms with Crippen LogP contribution in [-0.2, 0) is 27.2 Å². The molecule has 5 rings (SSSR count). The van der Waals surface area contributed by atoms with Crippen LogP contribution in [-0.4, -0.2) is 70.0 Å². The van der Waals surface area contributed by atoms with Gasteiger partial charge in [0.2, 0.25) is 0 Å². The molecule has 0 radical (unpaired) electrons. The van der Waals surface area contributed by atoms with Crippen LogP contribution in [0.5, 0.6) is 11.5 Å². The number of ether oxygens (including phenoxy) is 2. The predicted octanol–water partition coefficient (Wildman–Crippen LogP) is 2.13. The summed E-state index contributed by atoms with van der Waals surface area (Å²) in [5.74, 6) is -0.486. The van der Waals surface area contributed by atoms with E-state index in [9.17, 15) is 24.9 Å². The van der Waals surface area contributed by atoms with Gasteiger partial charge in [0.15, 0.2) is 23.7 Å². The first-order valence-corrected chi connectivity index (χ1v) is 13.1. The number of fused-ring (bicyclic) bond motifs is 4. The Morgan fingerprint density at radius 3 is 2.82 bits per heavy atom. The molecule has 2 aliphatic heterocycles. The highest BCUT2D eigenvalue weighted by atomic mass is 16.6. The van der Waals surface area contributed by atoms with Gasteiger partial charge in [-0.2, -0.15) is 0 Å². The fourth-order valence-corrected chi connectivity index (χ4v) is 5.77. The molecule has 2 heterocycles. The van der Waals surface area contributed by atoms with Crippen LogP contribution in [0.4, 0.5) is 0 Å². The molecule has 202 valence electrons. The van der Waals surface area contributed by atoms with Crippen molar-refractivity contribution in [2.75, 3.05) is 20.1 Å². The monoisotopic (exact) mass is 522 g/mol. The van der Waals surface area contributed by atoms with Crippen LogP contribution in [0.1, 0.15) is 48.5 Å². The van der Waals surface area contributed by atoms with Gasteiger partial charge in [0, 0.05) is 24.6 Å². The number of carbonyl (C=O) groups is 2. The van der Waals surface area contributed by atoms with Gasteiger partial charge < -0.3 is 35.0 Å². The average Bonchev–Trinajstić information content (AvgIpc) is 2.91. The summed E-state index contributed by atoms with van der Waals surface area (Å²) in [7, 11) is 2.02. The molecule has 1 amide bonds. The van der Waals surface area contributed by atoms with Gasteiger partial charge >= 0.3 is 5.97 Å². The first-order valence-electron chi connectivity index (χ1n) is 13.1. The van der Waals surface area contributed by atoms with E-state index in [-0.39, 0.29) is 36.9 Å². The van der Waals surface area contributed by atoms with Crippen molar-refractivity contribution in [3.05, 3.63) is 71.0 Å². The molecule has 0 saturated heterocycles. The Bertz CT molecular complexity index is 1230. The number of phenols is 1. The van der Waals surface area contributed by atoms with E-state index in [0.717, 1.165) is 30.5 Å². The van der Waals surface area contributed by atoms with Crippen LogP contribution in [0.25, 0.3) is 0 Å². The van der Waals surface area contributed by atoms with Crippen molar-refractivity contribution in [1.29, 1.82) is 0 Å². The number of carbonyl (C=O) groups excluding carboxylic acids is 2. The maximum Gasteiger partial charge on any atom is 0.312 e. The average molecular weight is 523 g/mol. The van der Waals surface area contributed by atoms with E-state index < -0.39 is 29.7 Å². The molecule has 0 saturated carbocycles. The van der Waals surface area contributed by atoms with Crippen LogP contribution in [0.3, 0.4) is 0 Å². The Morgan fingerprint density at radius 1 is 1.24 bits per heavy atom. The van der Waals surface area contributed by atoms with Crippen molar-refractivity contribution in [3.63, 3.8) is 0 Å². The van der Waals surface area contributed by atoms with E-state index in [1.807, 2.05) is 13.1 Å². The number of aromatic hydroxyl groups is 1. The molecule has 9 heteroatoms. The topological polar surface area (TPSA) is 129 Å². The maximum atomic E-state index is 12.7. The minimum Gasteiger partial charge on any atom is -0.504 e. The van der Waals surface area contributed by atoms with Gasteiger partial charge in [-0.1, -0.05) is 36.4 Å². The lowest BCUT2D eigenvalue weighted by atomic mass is 9.77. The van der Waals surface area contributed by atoms with Gasteiger partial charge in [0.05, 0.1) is 12.0 Å². The third-order valence-corrected chi connectivity index (χ3v) is 7.84. The number of amides is 1. The van der Waals surface area contributed by atoms with Crippen LogP contribution in [0, 0.1) is 0 Å². The first kappa shape index (κ1) is 26.2. The molecular formula is C29H34N2O7. The number of esters is 1. The van der Waals surface area contributed by atoms with Crippen LogP contribution in [0.15, 0.2) is 54.3 Å². The van der Waals surface area contributed by atoms with Crippen molar-refractivity contribution < 1.29 is 34.4 Å². The van der Waals surface area contributed by atoms with Crippen LogP contribution >= 0.6 is 0 Å². The predicted molar refractivity (Wildman–Crippen MR) is 138 cm³/mol. The Hall–Kier alpha value is -3.40. The minimum atomic E-state index is -1.33. The second kappa shape index (κ2) is 10.8. The molecule has 2 aromatic rings. The molecule has 3 aliphatic rings. The summed E-state index contributed by atoms with van der Waals surface area (Å²) in [5, 5.41) is 35.2. The molecule has 4 N–H and O–H groups in total. The van der Waals surface area contributed by atoms with Gasteiger partial charge in [0.25, 0.3) is 5.91 Å². The summed E-state index contributed by atoms with van der Waals surface area (Å²) >= 11 is 0. The second-order valence-electron chi connectivity index (χ2n) is 10.4. The summed E-state index contributed by atoms with van der Waals surface area (Å²) in [6.45, 7) is 0.798. The Morgan fingerprint density at radius 2 is 2.03 bits per heavy atom. The molecule has 0 aromatic heterocycles. The van der Waals surface area contributed by atoms with Gasteiger partial charge in [-0.05, 0) is 62.5 Å². The third-order valence-electron chi connectivity index (χ3n) is 7.84. The number of aliphatic hydroxyl groups is 2. The van der Waals surface area contributed by atoms with Crippen LogP contribution < -0.4 is 10.1 Å². The zero-order valence-corrected chi connectivity index (χ0v) is 21.4. The molecule has 2 aromatic carbocycles. The summed E-state index contributed by atoms with van der Waals surface area (Å²) in [4.78, 5) is 27.1. The highest BCUT2D eigenvalue weighted by molar-refractivity contribution is 5.82. The largest absolute Gasteiger partial charge is 0.504 e. The molecule has 0 fully saturated rings. The molecule has 0 unspecified atom stereocenters. The first-order chi connectivity index (χ1) is 18.2. The van der Waals surface area contributed by atoms with E-state index in [0.29, 0.717) is 24.2 Å². The van der Waals surface area contributed by atoms with E-state index in [2.05, 4.69) is 10.2 Å². The molecular weight excluding hydrogens is 488 g/mol. The fourth-order valence-electron chi connectivity index (χ4n) is 5.77. The molecule has 4 atom stereocenters. The minimum absolute atomic E-state index is 0.00977. The number of hydrogen-bond acceptors (Lipinski definition) is 8. The lowest BCUT2D eigenvalue weighted by Gasteiger charge is -2.44. The van der Waals surface area contributed by atoms with Crippen molar-refractivity contribution in [3.8, 4) is 11.5 Å². The fraction of sp³-hybridized carbons (Fsp3) is 0.448. The summed E-state index contributed by atoms with van der Waals surface area (Å²) < 4.78 is 12.0. The van der Waals surface area contributed by atoms with Crippen molar-refractivity contribution >= 4 is 11.9 Å². The third kappa shape index (κ3) is 5.27. The van der Waals surface area contributed by atoms with Gasteiger partial charge in [0.1, 0.15) is 5.76 Å². The molecule has 1 aliphatic carbocycles. The quantitative estimate of drug-likeness (QED) is 0.425. The van der Waals surface area contributed by atoms with E-state index in [4.69, 9.17) is 9.47 Å². The SMILES string of the molecule is CN1CCCc2c3ccc(O)c2O[C@@H]2C[C@@](O)(CC=C2OC(=O)CCNC(=O)[C@@H](O)c2ccccc2)[C@H]1C3. The number of benzene rings is 2. The number of nitrogens with one attached hydrogen (secondary N) is 1. The van der Waals surface area contributed by atoms with Gasteiger partial charge in [-0.15, -0.1) is 0 Å².